The van der Waals surface area contributed by atoms with Crippen molar-refractivity contribution in [3.63, 3.8) is 0 Å². The molecule has 1 saturated heterocycles. The van der Waals surface area contributed by atoms with Crippen molar-refractivity contribution in [2.75, 3.05) is 18.8 Å². The molecule has 2 unspecified atom stereocenters. The van der Waals surface area contributed by atoms with Crippen LogP contribution in [0.1, 0.15) is 39.2 Å². The van der Waals surface area contributed by atoms with Gasteiger partial charge in [0.05, 0.1) is 22.4 Å². The highest BCUT2D eigenvalue weighted by Gasteiger charge is 2.28. The third-order valence-corrected chi connectivity index (χ3v) is 5.12. The number of hydrogen-bond donors (Lipinski definition) is 0. The van der Waals surface area contributed by atoms with E-state index in [0.717, 1.165) is 12.8 Å². The fourth-order valence-corrected chi connectivity index (χ4v) is 3.90. The van der Waals surface area contributed by atoms with E-state index < -0.39 is 16.4 Å². The number of amides is 1. The Morgan fingerprint density at radius 2 is 2.29 bits per heavy atom. The number of carbonyl (C=O) groups excluding carboxylic acids is 1. The van der Waals surface area contributed by atoms with Crippen molar-refractivity contribution in [2.45, 2.75) is 44.2 Å². The molecular formula is C17H23N3O3S. The van der Waals surface area contributed by atoms with Gasteiger partial charge in [0.1, 0.15) is 10.6 Å². The first kappa shape index (κ1) is 18.4. The van der Waals surface area contributed by atoms with Crippen molar-refractivity contribution >= 4 is 16.9 Å². The van der Waals surface area contributed by atoms with E-state index in [-0.39, 0.29) is 12.0 Å². The number of hydrogen-bond acceptors (Lipinski definition) is 5. The first-order valence-electron chi connectivity index (χ1n) is 8.01. The second-order valence-corrected chi connectivity index (χ2v) is 8.38. The lowest BCUT2D eigenvalue weighted by molar-refractivity contribution is 0.0176. The van der Waals surface area contributed by atoms with E-state index in [4.69, 9.17) is 10.00 Å². The lowest BCUT2D eigenvalue weighted by Gasteiger charge is -2.33. The molecule has 0 N–H and O–H groups in total. The normalized spacial score (nSPS) is 19.4. The van der Waals surface area contributed by atoms with Gasteiger partial charge < -0.3 is 9.64 Å². The SMILES string of the molecule is CC(C)(C)OC(=O)N1CCCC(CS(=O)c2cc(C#N)ccn2)C1. The van der Waals surface area contributed by atoms with E-state index in [1.807, 2.05) is 26.8 Å². The summed E-state index contributed by atoms with van der Waals surface area (Å²) in [5, 5.41) is 9.34. The summed E-state index contributed by atoms with van der Waals surface area (Å²) in [6.07, 6.45) is 2.97. The van der Waals surface area contributed by atoms with Gasteiger partial charge in [-0.25, -0.2) is 9.78 Å². The summed E-state index contributed by atoms with van der Waals surface area (Å²) in [5.41, 5.74) is -0.0681. The number of pyridine rings is 1. The van der Waals surface area contributed by atoms with Crippen molar-refractivity contribution in [3.8, 4) is 6.07 Å². The summed E-state index contributed by atoms with van der Waals surface area (Å²) in [6.45, 7) is 6.73. The first-order valence-corrected chi connectivity index (χ1v) is 9.33. The predicted octanol–water partition coefficient (Wildman–Crippen LogP) is 2.71. The van der Waals surface area contributed by atoms with E-state index in [9.17, 15) is 9.00 Å². The van der Waals surface area contributed by atoms with E-state index in [2.05, 4.69) is 4.98 Å². The van der Waals surface area contributed by atoms with Crippen LogP contribution in [-0.4, -0.2) is 44.6 Å². The molecule has 2 atom stereocenters. The van der Waals surface area contributed by atoms with Gasteiger partial charge in [0.15, 0.2) is 0 Å². The third-order valence-electron chi connectivity index (χ3n) is 3.65. The molecule has 2 heterocycles. The summed E-state index contributed by atoms with van der Waals surface area (Å²) in [6, 6.07) is 5.17. The summed E-state index contributed by atoms with van der Waals surface area (Å²) in [5.74, 6) is 0.570. The quantitative estimate of drug-likeness (QED) is 0.838. The van der Waals surface area contributed by atoms with Crippen LogP contribution in [0.25, 0.3) is 0 Å². The number of rotatable bonds is 3. The number of likely N-dealkylation sites (tertiary alicyclic amines) is 1. The van der Waals surface area contributed by atoms with Crippen molar-refractivity contribution in [1.29, 1.82) is 5.26 Å². The van der Waals surface area contributed by atoms with E-state index in [1.54, 1.807) is 17.0 Å². The Bertz CT molecular complexity index is 664. The molecule has 130 valence electrons. The molecule has 2 rings (SSSR count). The average molecular weight is 349 g/mol. The minimum atomic E-state index is -1.28. The molecule has 1 aliphatic heterocycles. The molecule has 0 radical (unpaired) electrons. The van der Waals surface area contributed by atoms with Crippen LogP contribution in [0.3, 0.4) is 0 Å². The molecule has 1 aromatic rings. The first-order chi connectivity index (χ1) is 11.3. The van der Waals surface area contributed by atoms with Gasteiger partial charge in [0.25, 0.3) is 0 Å². The Labute approximate surface area is 145 Å². The maximum Gasteiger partial charge on any atom is 0.410 e. The number of nitrogens with zero attached hydrogens (tertiary/aromatic N) is 3. The Morgan fingerprint density at radius 1 is 1.54 bits per heavy atom. The van der Waals surface area contributed by atoms with Gasteiger partial charge in [-0.15, -0.1) is 0 Å². The zero-order chi connectivity index (χ0) is 17.7. The van der Waals surface area contributed by atoms with Crippen LogP contribution in [0, 0.1) is 17.2 Å². The summed E-state index contributed by atoms with van der Waals surface area (Å²) < 4.78 is 17.9. The summed E-state index contributed by atoms with van der Waals surface area (Å²) in [4.78, 5) is 18.0. The van der Waals surface area contributed by atoms with Crippen LogP contribution < -0.4 is 0 Å². The van der Waals surface area contributed by atoms with Crippen molar-refractivity contribution in [1.82, 2.24) is 9.88 Å². The largest absolute Gasteiger partial charge is 0.444 e. The number of aromatic nitrogens is 1. The summed E-state index contributed by atoms with van der Waals surface area (Å²) >= 11 is 0. The molecule has 0 saturated carbocycles. The molecule has 0 aromatic carbocycles. The highest BCUT2D eigenvalue weighted by Crippen LogP contribution is 2.21. The lowest BCUT2D eigenvalue weighted by Crippen LogP contribution is -2.44. The zero-order valence-electron chi connectivity index (χ0n) is 14.3. The number of ether oxygens (including phenoxy) is 1. The van der Waals surface area contributed by atoms with Crippen LogP contribution >= 0.6 is 0 Å². The zero-order valence-corrected chi connectivity index (χ0v) is 15.1. The summed E-state index contributed by atoms with van der Waals surface area (Å²) in [7, 11) is -1.28. The maximum atomic E-state index is 12.5. The molecule has 0 aliphatic carbocycles. The van der Waals surface area contributed by atoms with Crippen molar-refractivity contribution < 1.29 is 13.7 Å². The molecule has 6 nitrogen and oxygen atoms in total. The third kappa shape index (κ3) is 5.31. The van der Waals surface area contributed by atoms with Gasteiger partial charge in [-0.3, -0.25) is 4.21 Å². The standard InChI is InChI=1S/C17H23N3O3S/c1-17(2,3)23-16(21)20-8-4-5-14(11-20)12-24(22)15-9-13(10-18)6-7-19-15/h6-7,9,14H,4-5,8,11-12H2,1-3H3. The highest BCUT2D eigenvalue weighted by molar-refractivity contribution is 7.84. The molecule has 1 fully saturated rings. The molecule has 1 aromatic heterocycles. The van der Waals surface area contributed by atoms with Crippen LogP contribution in [0.5, 0.6) is 0 Å². The second kappa shape index (κ2) is 7.75. The van der Waals surface area contributed by atoms with Crippen LogP contribution in [0.4, 0.5) is 4.79 Å². The van der Waals surface area contributed by atoms with Gasteiger partial charge in [-0.2, -0.15) is 5.26 Å². The fraction of sp³-hybridized carbons (Fsp3) is 0.588. The van der Waals surface area contributed by atoms with Crippen LogP contribution in [0.15, 0.2) is 23.4 Å². The van der Waals surface area contributed by atoms with Crippen molar-refractivity contribution in [2.24, 2.45) is 5.92 Å². The number of carbonyl (C=O) groups is 1. The van der Waals surface area contributed by atoms with Gasteiger partial charge in [0.2, 0.25) is 0 Å². The van der Waals surface area contributed by atoms with Crippen LogP contribution in [-0.2, 0) is 15.5 Å². The molecule has 1 aliphatic rings. The molecule has 24 heavy (non-hydrogen) atoms. The minimum absolute atomic E-state index is 0.139. The molecule has 0 bridgehead atoms. The van der Waals surface area contributed by atoms with Gasteiger partial charge in [0, 0.05) is 25.0 Å². The Morgan fingerprint density at radius 3 is 2.96 bits per heavy atom. The molecular weight excluding hydrogens is 326 g/mol. The smallest absolute Gasteiger partial charge is 0.410 e. The van der Waals surface area contributed by atoms with Gasteiger partial charge in [-0.1, -0.05) is 0 Å². The Kier molecular flexibility index (Phi) is 5.94. The van der Waals surface area contributed by atoms with E-state index >= 15 is 0 Å². The molecule has 7 heteroatoms. The average Bonchev–Trinajstić information content (AvgIpc) is 2.53. The van der Waals surface area contributed by atoms with Gasteiger partial charge in [-0.05, 0) is 51.7 Å². The molecule has 1 amide bonds. The number of nitriles is 1. The topological polar surface area (TPSA) is 83.3 Å². The molecule has 0 spiro atoms. The second-order valence-electron chi connectivity index (χ2n) is 6.94. The van der Waals surface area contributed by atoms with E-state index in [1.165, 1.54) is 6.20 Å². The number of piperidine rings is 1. The lowest BCUT2D eigenvalue weighted by atomic mass is 10.0. The Balaban J connectivity index is 1.96. The van der Waals surface area contributed by atoms with Crippen molar-refractivity contribution in [3.05, 3.63) is 23.9 Å². The van der Waals surface area contributed by atoms with E-state index in [0.29, 0.717) is 29.4 Å². The minimum Gasteiger partial charge on any atom is -0.444 e. The highest BCUT2D eigenvalue weighted by atomic mass is 32.2. The Hall–Kier alpha value is -1.94. The fourth-order valence-electron chi connectivity index (χ4n) is 2.60. The van der Waals surface area contributed by atoms with Gasteiger partial charge >= 0.3 is 6.09 Å². The van der Waals surface area contributed by atoms with Crippen LogP contribution in [0.2, 0.25) is 0 Å². The predicted molar refractivity (Wildman–Crippen MR) is 90.8 cm³/mol. The monoisotopic (exact) mass is 349 g/mol. The maximum absolute atomic E-state index is 12.5.